The van der Waals surface area contributed by atoms with Gasteiger partial charge in [0, 0.05) is 25.8 Å². The van der Waals surface area contributed by atoms with E-state index in [0.29, 0.717) is 0 Å². The van der Waals surface area contributed by atoms with Crippen LogP contribution in [-0.4, -0.2) is 43.8 Å². The molecule has 0 amide bonds. The van der Waals surface area contributed by atoms with Crippen molar-refractivity contribution in [1.29, 1.82) is 0 Å². The van der Waals surface area contributed by atoms with Crippen molar-refractivity contribution in [2.75, 3.05) is 33.4 Å². The highest BCUT2D eigenvalue weighted by molar-refractivity contribution is 4.93. The molecule has 2 fully saturated rings. The van der Waals surface area contributed by atoms with Gasteiger partial charge in [-0.2, -0.15) is 0 Å². The standard InChI is InChI=1S/C15H30N2O/c1-15(12-16,10-13-4-3-5-13)17-8-6-14(7-9-17)11-18-2/h13-14H,3-12,16H2,1-2H3. The van der Waals surface area contributed by atoms with Gasteiger partial charge in [0.2, 0.25) is 0 Å². The molecule has 18 heavy (non-hydrogen) atoms. The van der Waals surface area contributed by atoms with Gasteiger partial charge in [-0.3, -0.25) is 4.90 Å². The molecule has 1 atom stereocenters. The number of nitrogens with two attached hydrogens (primary N) is 1. The number of ether oxygens (including phenoxy) is 1. The lowest BCUT2D eigenvalue weighted by molar-refractivity contribution is 0.0220. The monoisotopic (exact) mass is 254 g/mol. The average Bonchev–Trinajstić information content (AvgIpc) is 2.35. The molecule has 0 spiro atoms. The molecule has 0 bridgehead atoms. The lowest BCUT2D eigenvalue weighted by Gasteiger charge is -2.47. The van der Waals surface area contributed by atoms with E-state index in [9.17, 15) is 0 Å². The Labute approximate surface area is 112 Å². The Morgan fingerprint density at radius 3 is 2.28 bits per heavy atom. The number of hydrogen-bond donors (Lipinski definition) is 1. The first-order chi connectivity index (χ1) is 8.68. The van der Waals surface area contributed by atoms with E-state index in [0.717, 1.165) is 25.0 Å². The summed E-state index contributed by atoms with van der Waals surface area (Å²) < 4.78 is 5.28. The zero-order chi connectivity index (χ0) is 13.0. The highest BCUT2D eigenvalue weighted by Gasteiger charge is 2.36. The number of piperidine rings is 1. The number of rotatable bonds is 6. The zero-order valence-electron chi connectivity index (χ0n) is 12.2. The van der Waals surface area contributed by atoms with E-state index >= 15 is 0 Å². The van der Waals surface area contributed by atoms with Crippen molar-refractivity contribution in [3.8, 4) is 0 Å². The van der Waals surface area contributed by atoms with Crippen LogP contribution in [0.4, 0.5) is 0 Å². The van der Waals surface area contributed by atoms with Gasteiger partial charge in [-0.25, -0.2) is 0 Å². The van der Waals surface area contributed by atoms with Gasteiger partial charge in [0.25, 0.3) is 0 Å². The molecule has 2 aliphatic rings. The first kappa shape index (κ1) is 14.3. The highest BCUT2D eigenvalue weighted by Crippen LogP contribution is 2.37. The van der Waals surface area contributed by atoms with E-state index in [1.54, 1.807) is 0 Å². The maximum Gasteiger partial charge on any atom is 0.0491 e. The lowest BCUT2D eigenvalue weighted by atomic mass is 9.75. The van der Waals surface area contributed by atoms with Crippen LogP contribution < -0.4 is 5.73 Å². The fraction of sp³-hybridized carbons (Fsp3) is 1.00. The van der Waals surface area contributed by atoms with Crippen LogP contribution in [0.15, 0.2) is 0 Å². The van der Waals surface area contributed by atoms with Gasteiger partial charge in [-0.1, -0.05) is 19.3 Å². The Balaban J connectivity index is 1.84. The summed E-state index contributed by atoms with van der Waals surface area (Å²) in [6.07, 6.45) is 8.13. The van der Waals surface area contributed by atoms with Gasteiger partial charge in [0.1, 0.15) is 0 Å². The van der Waals surface area contributed by atoms with Crippen molar-refractivity contribution in [2.24, 2.45) is 17.6 Å². The fourth-order valence-corrected chi connectivity index (χ4v) is 3.54. The molecule has 1 aliphatic carbocycles. The van der Waals surface area contributed by atoms with E-state index in [4.69, 9.17) is 10.5 Å². The van der Waals surface area contributed by atoms with Crippen molar-refractivity contribution in [3.63, 3.8) is 0 Å². The number of nitrogens with zero attached hydrogens (tertiary/aromatic N) is 1. The maximum absolute atomic E-state index is 6.09. The summed E-state index contributed by atoms with van der Waals surface area (Å²) in [5.41, 5.74) is 6.33. The van der Waals surface area contributed by atoms with Crippen molar-refractivity contribution in [1.82, 2.24) is 4.90 Å². The third kappa shape index (κ3) is 3.25. The third-order valence-corrected chi connectivity index (χ3v) is 5.17. The fourth-order valence-electron chi connectivity index (χ4n) is 3.54. The average molecular weight is 254 g/mol. The molecular weight excluding hydrogens is 224 g/mol. The number of methoxy groups -OCH3 is 1. The normalized spacial score (nSPS) is 26.8. The second-order valence-electron chi connectivity index (χ2n) is 6.59. The maximum atomic E-state index is 6.09. The molecule has 1 heterocycles. The molecule has 2 N–H and O–H groups in total. The first-order valence-corrected chi connectivity index (χ1v) is 7.62. The molecule has 1 aliphatic heterocycles. The van der Waals surface area contributed by atoms with Crippen LogP contribution in [0.1, 0.15) is 45.4 Å². The molecule has 0 aromatic carbocycles. The van der Waals surface area contributed by atoms with Crippen molar-refractivity contribution >= 4 is 0 Å². The van der Waals surface area contributed by atoms with Crippen LogP contribution in [0.5, 0.6) is 0 Å². The van der Waals surface area contributed by atoms with Gasteiger partial charge in [-0.15, -0.1) is 0 Å². The molecule has 1 saturated carbocycles. The predicted molar refractivity (Wildman–Crippen MR) is 75.6 cm³/mol. The Bertz CT molecular complexity index is 247. The SMILES string of the molecule is COCC1CCN(C(C)(CN)CC2CCC2)CC1. The molecule has 0 aromatic heterocycles. The number of likely N-dealkylation sites (tertiary alicyclic amines) is 1. The summed E-state index contributed by atoms with van der Waals surface area (Å²) in [5.74, 6) is 1.70. The smallest absolute Gasteiger partial charge is 0.0491 e. The lowest BCUT2D eigenvalue weighted by Crippen LogP contribution is -2.55. The Hall–Kier alpha value is -0.120. The molecule has 1 saturated heterocycles. The second-order valence-corrected chi connectivity index (χ2v) is 6.59. The van der Waals surface area contributed by atoms with Crippen LogP contribution in [0.3, 0.4) is 0 Å². The summed E-state index contributed by atoms with van der Waals surface area (Å²) in [5, 5.41) is 0. The van der Waals surface area contributed by atoms with Gasteiger partial charge >= 0.3 is 0 Å². The molecule has 3 nitrogen and oxygen atoms in total. The number of hydrogen-bond acceptors (Lipinski definition) is 3. The summed E-state index contributed by atoms with van der Waals surface area (Å²) in [4.78, 5) is 2.65. The summed E-state index contributed by atoms with van der Waals surface area (Å²) in [6, 6.07) is 0. The van der Waals surface area contributed by atoms with E-state index < -0.39 is 0 Å². The summed E-state index contributed by atoms with van der Waals surface area (Å²) >= 11 is 0. The van der Waals surface area contributed by atoms with Gasteiger partial charge in [0.05, 0.1) is 0 Å². The van der Waals surface area contributed by atoms with Gasteiger partial charge in [-0.05, 0) is 51.1 Å². The minimum absolute atomic E-state index is 0.239. The molecule has 3 heteroatoms. The molecular formula is C15H30N2O. The third-order valence-electron chi connectivity index (χ3n) is 5.17. The van der Waals surface area contributed by atoms with Crippen LogP contribution in [-0.2, 0) is 4.74 Å². The van der Waals surface area contributed by atoms with E-state index in [2.05, 4.69) is 11.8 Å². The molecule has 2 rings (SSSR count). The Morgan fingerprint density at radius 2 is 1.83 bits per heavy atom. The van der Waals surface area contributed by atoms with Crippen LogP contribution in [0.25, 0.3) is 0 Å². The topological polar surface area (TPSA) is 38.5 Å². The van der Waals surface area contributed by atoms with Crippen molar-refractivity contribution in [2.45, 2.75) is 51.0 Å². The van der Waals surface area contributed by atoms with E-state index in [-0.39, 0.29) is 5.54 Å². The van der Waals surface area contributed by atoms with Crippen LogP contribution in [0, 0.1) is 11.8 Å². The summed E-state index contributed by atoms with van der Waals surface area (Å²) in [6.45, 7) is 6.51. The van der Waals surface area contributed by atoms with E-state index in [1.807, 2.05) is 7.11 Å². The van der Waals surface area contributed by atoms with Crippen molar-refractivity contribution in [3.05, 3.63) is 0 Å². The predicted octanol–water partition coefficient (Wildman–Crippen LogP) is 2.25. The molecule has 106 valence electrons. The van der Waals surface area contributed by atoms with E-state index in [1.165, 1.54) is 51.6 Å². The zero-order valence-corrected chi connectivity index (χ0v) is 12.2. The second kappa shape index (κ2) is 6.36. The highest BCUT2D eigenvalue weighted by atomic mass is 16.5. The quantitative estimate of drug-likeness (QED) is 0.790. The molecule has 0 aromatic rings. The first-order valence-electron chi connectivity index (χ1n) is 7.62. The summed E-state index contributed by atoms with van der Waals surface area (Å²) in [7, 11) is 1.81. The minimum atomic E-state index is 0.239. The van der Waals surface area contributed by atoms with Crippen molar-refractivity contribution < 1.29 is 4.74 Å². The Kier molecular flexibility index (Phi) is 5.05. The Morgan fingerprint density at radius 1 is 1.17 bits per heavy atom. The van der Waals surface area contributed by atoms with Crippen LogP contribution >= 0.6 is 0 Å². The molecule has 0 radical (unpaired) electrons. The molecule has 1 unspecified atom stereocenters. The minimum Gasteiger partial charge on any atom is -0.384 e. The largest absolute Gasteiger partial charge is 0.384 e. The van der Waals surface area contributed by atoms with Gasteiger partial charge < -0.3 is 10.5 Å². The van der Waals surface area contributed by atoms with Crippen LogP contribution in [0.2, 0.25) is 0 Å². The van der Waals surface area contributed by atoms with Gasteiger partial charge in [0.15, 0.2) is 0 Å².